The van der Waals surface area contributed by atoms with E-state index in [2.05, 4.69) is 17.0 Å². The number of benzene rings is 1. The molecule has 1 aliphatic rings. The highest BCUT2D eigenvalue weighted by Crippen LogP contribution is 2.34. The molecule has 6 heteroatoms. The lowest BCUT2D eigenvalue weighted by Crippen LogP contribution is -2.36. The van der Waals surface area contributed by atoms with E-state index in [1.54, 1.807) is 7.11 Å². The molecule has 1 aromatic carbocycles. The molecule has 0 atom stereocenters. The maximum absolute atomic E-state index is 6.31. The number of methoxy groups -OCH3 is 1. The number of aryl methyl sites for hydroxylation is 1. The number of morpholine rings is 1. The molecule has 0 bridgehead atoms. The van der Waals surface area contributed by atoms with Gasteiger partial charge in [0.25, 0.3) is 0 Å². The van der Waals surface area contributed by atoms with E-state index in [9.17, 15) is 0 Å². The quantitative estimate of drug-likeness (QED) is 0.714. The van der Waals surface area contributed by atoms with Crippen molar-refractivity contribution in [3.05, 3.63) is 47.2 Å². The van der Waals surface area contributed by atoms with Crippen LogP contribution in [-0.4, -0.2) is 42.8 Å². The van der Waals surface area contributed by atoms with E-state index in [0.29, 0.717) is 5.02 Å². The van der Waals surface area contributed by atoms with Crippen LogP contribution in [0.5, 0.6) is 5.75 Å². The van der Waals surface area contributed by atoms with E-state index in [1.807, 2.05) is 35.9 Å². The second-order valence-electron chi connectivity index (χ2n) is 6.18. The van der Waals surface area contributed by atoms with Crippen LogP contribution in [0.3, 0.4) is 0 Å². The Morgan fingerprint density at radius 1 is 1.20 bits per heavy atom. The van der Waals surface area contributed by atoms with Crippen LogP contribution in [0, 0.1) is 6.92 Å². The van der Waals surface area contributed by atoms with Crippen molar-refractivity contribution in [1.29, 1.82) is 0 Å². The number of anilines is 1. The summed E-state index contributed by atoms with van der Waals surface area (Å²) < 4.78 is 13.0. The van der Waals surface area contributed by atoms with Crippen LogP contribution >= 0.6 is 11.6 Å². The third kappa shape index (κ3) is 3.05. The van der Waals surface area contributed by atoms with E-state index in [1.165, 1.54) is 5.69 Å². The van der Waals surface area contributed by atoms with E-state index in [0.717, 1.165) is 54.5 Å². The van der Waals surface area contributed by atoms with Crippen molar-refractivity contribution in [1.82, 2.24) is 9.38 Å². The van der Waals surface area contributed by atoms with Gasteiger partial charge in [0.05, 0.1) is 26.0 Å². The third-order valence-corrected chi connectivity index (χ3v) is 4.98. The summed E-state index contributed by atoms with van der Waals surface area (Å²) in [6, 6.07) is 8.08. The average Bonchev–Trinajstić information content (AvgIpc) is 3.07. The Labute approximate surface area is 151 Å². The predicted octanol–water partition coefficient (Wildman–Crippen LogP) is 3.81. The molecule has 0 radical (unpaired) electrons. The molecule has 1 saturated heterocycles. The highest BCUT2D eigenvalue weighted by molar-refractivity contribution is 6.31. The highest BCUT2D eigenvalue weighted by Gasteiger charge is 2.15. The zero-order valence-corrected chi connectivity index (χ0v) is 15.1. The molecule has 130 valence electrons. The Morgan fingerprint density at radius 3 is 2.76 bits per heavy atom. The predicted molar refractivity (Wildman–Crippen MR) is 100.0 cm³/mol. The van der Waals surface area contributed by atoms with Crippen LogP contribution < -0.4 is 9.64 Å². The van der Waals surface area contributed by atoms with Gasteiger partial charge in [0.1, 0.15) is 11.4 Å². The maximum atomic E-state index is 6.31. The fourth-order valence-electron chi connectivity index (χ4n) is 3.14. The number of aromatic nitrogens is 2. The number of nitrogens with zero attached hydrogens (tertiary/aromatic N) is 3. The molecule has 0 unspecified atom stereocenters. The normalized spacial score (nSPS) is 14.9. The molecule has 0 saturated carbocycles. The first-order chi connectivity index (χ1) is 12.2. The standard InChI is InChI=1S/C19H20ClN3O2/c1-13-9-18(24-2)15(11-16(13)20)17-12-23-4-3-14(10-19(23)21-17)22-5-7-25-8-6-22/h3-4,9-12H,5-8H2,1-2H3. The molecule has 1 fully saturated rings. The number of imidazole rings is 1. The van der Waals surface area contributed by atoms with Gasteiger partial charge in [-0.3, -0.25) is 0 Å². The second kappa shape index (κ2) is 6.58. The summed E-state index contributed by atoms with van der Waals surface area (Å²) in [7, 11) is 1.67. The number of hydrogen-bond donors (Lipinski definition) is 0. The molecule has 0 amide bonds. The van der Waals surface area contributed by atoms with Crippen molar-refractivity contribution < 1.29 is 9.47 Å². The molecule has 3 aromatic rings. The van der Waals surface area contributed by atoms with E-state index in [4.69, 9.17) is 26.1 Å². The summed E-state index contributed by atoms with van der Waals surface area (Å²) in [5.41, 5.74) is 4.80. The first-order valence-electron chi connectivity index (χ1n) is 8.31. The third-order valence-electron chi connectivity index (χ3n) is 4.58. The Morgan fingerprint density at radius 2 is 2.00 bits per heavy atom. The fraction of sp³-hybridized carbons (Fsp3) is 0.316. The van der Waals surface area contributed by atoms with Gasteiger partial charge in [-0.15, -0.1) is 0 Å². The van der Waals surface area contributed by atoms with E-state index >= 15 is 0 Å². The molecule has 3 heterocycles. The smallest absolute Gasteiger partial charge is 0.139 e. The van der Waals surface area contributed by atoms with Crippen molar-refractivity contribution in [2.75, 3.05) is 38.3 Å². The first-order valence-corrected chi connectivity index (χ1v) is 8.69. The Kier molecular flexibility index (Phi) is 4.27. The molecule has 4 rings (SSSR count). The number of rotatable bonds is 3. The minimum Gasteiger partial charge on any atom is -0.496 e. The summed E-state index contributed by atoms with van der Waals surface area (Å²) in [4.78, 5) is 7.10. The number of pyridine rings is 1. The first kappa shape index (κ1) is 16.2. The SMILES string of the molecule is COc1cc(C)c(Cl)cc1-c1cn2ccc(N3CCOCC3)cc2n1. The van der Waals surface area contributed by atoms with Gasteiger partial charge in [0.15, 0.2) is 0 Å². The Balaban J connectivity index is 1.75. The van der Waals surface area contributed by atoms with Gasteiger partial charge in [-0.05, 0) is 30.7 Å². The Hall–Kier alpha value is -2.24. The molecule has 2 aromatic heterocycles. The van der Waals surface area contributed by atoms with Crippen LogP contribution in [0.15, 0.2) is 36.7 Å². The molecule has 0 spiro atoms. The van der Waals surface area contributed by atoms with Gasteiger partial charge in [0.2, 0.25) is 0 Å². The van der Waals surface area contributed by atoms with Crippen molar-refractivity contribution in [3.63, 3.8) is 0 Å². The fourth-order valence-corrected chi connectivity index (χ4v) is 3.31. The minimum atomic E-state index is 0.710. The topological polar surface area (TPSA) is 39.0 Å². The monoisotopic (exact) mass is 357 g/mol. The van der Waals surface area contributed by atoms with Gasteiger partial charge in [-0.1, -0.05) is 11.6 Å². The largest absolute Gasteiger partial charge is 0.496 e. The summed E-state index contributed by atoms with van der Waals surface area (Å²) >= 11 is 6.31. The molecule has 0 aliphatic carbocycles. The summed E-state index contributed by atoms with van der Waals surface area (Å²) in [6.45, 7) is 5.32. The zero-order chi connectivity index (χ0) is 17.4. The lowest BCUT2D eigenvalue weighted by Gasteiger charge is -2.28. The second-order valence-corrected chi connectivity index (χ2v) is 6.58. The number of ether oxygens (including phenoxy) is 2. The molecule has 5 nitrogen and oxygen atoms in total. The lowest BCUT2D eigenvalue weighted by atomic mass is 10.1. The lowest BCUT2D eigenvalue weighted by molar-refractivity contribution is 0.122. The van der Waals surface area contributed by atoms with E-state index in [-0.39, 0.29) is 0 Å². The van der Waals surface area contributed by atoms with Crippen LogP contribution in [0.4, 0.5) is 5.69 Å². The van der Waals surface area contributed by atoms with Crippen molar-refractivity contribution >= 4 is 22.9 Å². The molecule has 0 N–H and O–H groups in total. The van der Waals surface area contributed by atoms with Crippen LogP contribution in [0.2, 0.25) is 5.02 Å². The molecular formula is C19H20ClN3O2. The van der Waals surface area contributed by atoms with Gasteiger partial charge in [0, 0.05) is 47.8 Å². The molecular weight excluding hydrogens is 338 g/mol. The van der Waals surface area contributed by atoms with Crippen LogP contribution in [0.1, 0.15) is 5.56 Å². The van der Waals surface area contributed by atoms with Gasteiger partial charge >= 0.3 is 0 Å². The number of halogens is 1. The van der Waals surface area contributed by atoms with Crippen LogP contribution in [-0.2, 0) is 4.74 Å². The summed E-state index contributed by atoms with van der Waals surface area (Å²) in [5.74, 6) is 0.777. The maximum Gasteiger partial charge on any atom is 0.139 e. The summed E-state index contributed by atoms with van der Waals surface area (Å²) in [5, 5.41) is 0.710. The zero-order valence-electron chi connectivity index (χ0n) is 14.3. The van der Waals surface area contributed by atoms with Gasteiger partial charge < -0.3 is 18.8 Å². The highest BCUT2D eigenvalue weighted by atomic mass is 35.5. The van der Waals surface area contributed by atoms with Crippen molar-refractivity contribution in [3.8, 4) is 17.0 Å². The molecule has 1 aliphatic heterocycles. The summed E-state index contributed by atoms with van der Waals surface area (Å²) in [6.07, 6.45) is 4.04. The number of hydrogen-bond acceptors (Lipinski definition) is 4. The minimum absolute atomic E-state index is 0.710. The van der Waals surface area contributed by atoms with Crippen molar-refractivity contribution in [2.45, 2.75) is 6.92 Å². The molecule has 25 heavy (non-hydrogen) atoms. The van der Waals surface area contributed by atoms with Gasteiger partial charge in [-0.25, -0.2) is 4.98 Å². The van der Waals surface area contributed by atoms with E-state index < -0.39 is 0 Å². The van der Waals surface area contributed by atoms with Gasteiger partial charge in [-0.2, -0.15) is 0 Å². The van der Waals surface area contributed by atoms with Crippen molar-refractivity contribution in [2.24, 2.45) is 0 Å². The average molecular weight is 358 g/mol. The van der Waals surface area contributed by atoms with Crippen LogP contribution in [0.25, 0.3) is 16.9 Å². The number of fused-ring (bicyclic) bond motifs is 1. The Bertz CT molecular complexity index is 916.